The Hall–Kier alpha value is -2.89. The van der Waals surface area contributed by atoms with Gasteiger partial charge in [-0.1, -0.05) is 191 Å². The van der Waals surface area contributed by atoms with Crippen LogP contribution < -0.4 is 0 Å². The lowest BCUT2D eigenvalue weighted by Gasteiger charge is -2.18. The third-order valence-corrected chi connectivity index (χ3v) is 11.2. The first-order valence-electron chi connectivity index (χ1n) is 26.3. The van der Waals surface area contributed by atoms with Crippen molar-refractivity contribution in [2.75, 3.05) is 13.2 Å². The van der Waals surface area contributed by atoms with Crippen LogP contribution in [0, 0.1) is 0 Å². The molecule has 0 aromatic carbocycles. The minimum Gasteiger partial charge on any atom is -0.462 e. The van der Waals surface area contributed by atoms with E-state index in [-0.39, 0.29) is 31.1 Å². The van der Waals surface area contributed by atoms with Crippen molar-refractivity contribution in [3.63, 3.8) is 0 Å². The molecule has 0 fully saturated rings. The first kappa shape index (κ1) is 59.1. The molecule has 1 atom stereocenters. The van der Waals surface area contributed by atoms with Crippen LogP contribution in [0.5, 0.6) is 0 Å². The van der Waals surface area contributed by atoms with Gasteiger partial charge >= 0.3 is 17.9 Å². The second kappa shape index (κ2) is 50.8. The third-order valence-electron chi connectivity index (χ3n) is 11.2. The van der Waals surface area contributed by atoms with Gasteiger partial charge in [-0.05, 0) is 109 Å². The van der Waals surface area contributed by atoms with E-state index < -0.39 is 6.10 Å². The molecule has 0 aromatic heterocycles. The second-order valence-corrected chi connectivity index (χ2v) is 17.4. The van der Waals surface area contributed by atoms with E-state index >= 15 is 0 Å². The van der Waals surface area contributed by atoms with E-state index in [9.17, 15) is 14.4 Å². The van der Waals surface area contributed by atoms with Gasteiger partial charge in [-0.25, -0.2) is 0 Å². The van der Waals surface area contributed by atoms with Crippen molar-refractivity contribution in [3.8, 4) is 0 Å². The molecule has 0 N–H and O–H groups in total. The van der Waals surface area contributed by atoms with Crippen molar-refractivity contribution in [3.05, 3.63) is 60.8 Å². The number of carbonyl (C=O) groups is 3. The molecule has 0 radical (unpaired) electrons. The Kier molecular flexibility index (Phi) is 48.4. The molecule has 0 saturated heterocycles. The van der Waals surface area contributed by atoms with Crippen LogP contribution in [-0.4, -0.2) is 37.2 Å². The number of hydrogen-bond acceptors (Lipinski definition) is 6. The van der Waals surface area contributed by atoms with Gasteiger partial charge in [-0.3, -0.25) is 14.4 Å². The Balaban J connectivity index is 4.44. The van der Waals surface area contributed by atoms with Crippen LogP contribution in [0.2, 0.25) is 0 Å². The topological polar surface area (TPSA) is 78.9 Å². The van der Waals surface area contributed by atoms with Crippen LogP contribution in [0.1, 0.15) is 258 Å². The van der Waals surface area contributed by atoms with Gasteiger partial charge in [0.25, 0.3) is 0 Å². The van der Waals surface area contributed by atoms with E-state index in [1.807, 2.05) is 0 Å². The van der Waals surface area contributed by atoms with Crippen molar-refractivity contribution in [1.29, 1.82) is 0 Å². The van der Waals surface area contributed by atoms with Crippen LogP contribution in [0.3, 0.4) is 0 Å². The molecular weight excluding hydrogens is 769 g/mol. The number of carbonyl (C=O) groups excluding carboxylic acids is 3. The third kappa shape index (κ3) is 48.1. The summed E-state index contributed by atoms with van der Waals surface area (Å²) >= 11 is 0. The summed E-state index contributed by atoms with van der Waals surface area (Å²) in [7, 11) is 0. The maximum absolute atomic E-state index is 12.8. The highest BCUT2D eigenvalue weighted by molar-refractivity contribution is 5.71. The molecule has 6 nitrogen and oxygen atoms in total. The fourth-order valence-corrected chi connectivity index (χ4v) is 7.20. The summed E-state index contributed by atoms with van der Waals surface area (Å²) in [6.07, 6.45) is 61.9. The normalized spacial score (nSPS) is 12.5. The maximum Gasteiger partial charge on any atom is 0.306 e. The predicted molar refractivity (Wildman–Crippen MR) is 265 cm³/mol. The molecule has 358 valence electrons. The Labute approximate surface area is 383 Å². The van der Waals surface area contributed by atoms with E-state index in [1.54, 1.807) is 0 Å². The van der Waals surface area contributed by atoms with Gasteiger partial charge in [0.15, 0.2) is 6.10 Å². The highest BCUT2D eigenvalue weighted by Gasteiger charge is 2.19. The van der Waals surface area contributed by atoms with Gasteiger partial charge in [0, 0.05) is 19.3 Å². The summed E-state index contributed by atoms with van der Waals surface area (Å²) in [5.41, 5.74) is 0. The van der Waals surface area contributed by atoms with Gasteiger partial charge in [-0.2, -0.15) is 0 Å². The smallest absolute Gasteiger partial charge is 0.306 e. The van der Waals surface area contributed by atoms with Crippen LogP contribution in [0.15, 0.2) is 60.8 Å². The van der Waals surface area contributed by atoms with E-state index in [1.165, 1.54) is 109 Å². The highest BCUT2D eigenvalue weighted by atomic mass is 16.6. The lowest BCUT2D eigenvalue weighted by molar-refractivity contribution is -0.167. The molecule has 0 aliphatic rings. The molecule has 0 saturated carbocycles. The van der Waals surface area contributed by atoms with Crippen molar-refractivity contribution >= 4 is 17.9 Å². The fraction of sp³-hybridized carbons (Fsp3) is 0.768. The van der Waals surface area contributed by atoms with Gasteiger partial charge in [0.1, 0.15) is 13.2 Å². The molecule has 62 heavy (non-hydrogen) atoms. The molecule has 1 unspecified atom stereocenters. The van der Waals surface area contributed by atoms with Crippen LogP contribution in [-0.2, 0) is 28.6 Å². The Bertz CT molecular complexity index is 1130. The summed E-state index contributed by atoms with van der Waals surface area (Å²) in [5, 5.41) is 0. The number of allylic oxidation sites excluding steroid dienone is 10. The SMILES string of the molecule is CCCCC/C=C/C/C=C/CCCCCCCC(=O)OCC(COC(=O)CCCCCCC/C=C/CCCCCCC)OC(=O)CCCCCCC/C=C/C/C=C/CCCCC. The van der Waals surface area contributed by atoms with E-state index in [0.29, 0.717) is 19.3 Å². The minimum atomic E-state index is -0.789. The predicted octanol–water partition coefficient (Wildman–Crippen LogP) is 17.3. The van der Waals surface area contributed by atoms with E-state index in [4.69, 9.17) is 14.2 Å². The zero-order chi connectivity index (χ0) is 45.1. The van der Waals surface area contributed by atoms with Crippen molar-refractivity contribution in [2.24, 2.45) is 0 Å². The second-order valence-electron chi connectivity index (χ2n) is 17.4. The molecule has 6 heteroatoms. The number of ether oxygens (including phenoxy) is 3. The zero-order valence-corrected chi connectivity index (χ0v) is 40.9. The first-order valence-corrected chi connectivity index (χ1v) is 26.3. The van der Waals surface area contributed by atoms with E-state index in [2.05, 4.69) is 81.5 Å². The van der Waals surface area contributed by atoms with Gasteiger partial charge in [0.05, 0.1) is 0 Å². The van der Waals surface area contributed by atoms with Crippen LogP contribution in [0.4, 0.5) is 0 Å². The summed E-state index contributed by atoms with van der Waals surface area (Å²) < 4.78 is 16.8. The average Bonchev–Trinajstić information content (AvgIpc) is 3.27. The lowest BCUT2D eigenvalue weighted by Crippen LogP contribution is -2.30. The van der Waals surface area contributed by atoms with E-state index in [0.717, 1.165) is 109 Å². The molecule has 0 aliphatic heterocycles. The number of esters is 3. The Morgan fingerprint density at radius 2 is 0.581 bits per heavy atom. The Morgan fingerprint density at radius 1 is 0.323 bits per heavy atom. The summed E-state index contributed by atoms with van der Waals surface area (Å²) in [4.78, 5) is 38.0. The number of unbranched alkanes of at least 4 members (excludes halogenated alkanes) is 26. The van der Waals surface area contributed by atoms with Crippen LogP contribution in [0.25, 0.3) is 0 Å². The highest BCUT2D eigenvalue weighted by Crippen LogP contribution is 2.14. The lowest BCUT2D eigenvalue weighted by atomic mass is 10.1. The quantitative estimate of drug-likeness (QED) is 0.0262. The molecule has 0 aromatic rings. The van der Waals surface area contributed by atoms with Gasteiger partial charge in [-0.15, -0.1) is 0 Å². The number of rotatable bonds is 47. The maximum atomic E-state index is 12.8. The molecule has 0 heterocycles. The Morgan fingerprint density at radius 3 is 0.935 bits per heavy atom. The average molecular weight is 867 g/mol. The monoisotopic (exact) mass is 867 g/mol. The molecule has 0 rings (SSSR count). The van der Waals surface area contributed by atoms with Crippen molar-refractivity contribution in [1.82, 2.24) is 0 Å². The molecular formula is C56H98O6. The zero-order valence-electron chi connectivity index (χ0n) is 40.9. The van der Waals surface area contributed by atoms with Gasteiger partial charge < -0.3 is 14.2 Å². The molecule has 0 aliphatic carbocycles. The molecule has 0 spiro atoms. The fourth-order valence-electron chi connectivity index (χ4n) is 7.20. The minimum absolute atomic E-state index is 0.0886. The largest absolute Gasteiger partial charge is 0.462 e. The molecule has 0 amide bonds. The summed E-state index contributed by atoms with van der Waals surface area (Å²) in [5.74, 6) is -0.920. The summed E-state index contributed by atoms with van der Waals surface area (Å²) in [6.45, 7) is 6.55. The van der Waals surface area contributed by atoms with Crippen LogP contribution >= 0.6 is 0 Å². The van der Waals surface area contributed by atoms with Gasteiger partial charge in [0.2, 0.25) is 0 Å². The van der Waals surface area contributed by atoms with Crippen molar-refractivity contribution < 1.29 is 28.6 Å². The standard InChI is InChI=1S/C56H98O6/c1-4-7-10-13-16-19-22-25-28-31-34-37-40-43-46-49-55(58)61-52-53(51-60-54(57)48-45-42-39-36-33-30-27-24-21-18-15-12-9-6-3)62-56(59)50-47-44-41-38-35-32-29-26-23-20-17-14-11-8-5-2/h16-17,19-20,24-29,53H,4-15,18,21-23,30-52H2,1-3H3/b19-16+,20-17+,27-24+,28-25+,29-26+. The van der Waals surface area contributed by atoms with Crippen molar-refractivity contribution in [2.45, 2.75) is 264 Å². The number of hydrogen-bond donors (Lipinski definition) is 0. The summed E-state index contributed by atoms with van der Waals surface area (Å²) in [6, 6.07) is 0. The molecule has 0 bridgehead atoms. The first-order chi connectivity index (χ1) is 30.5.